The van der Waals surface area contributed by atoms with Crippen LogP contribution in [0.3, 0.4) is 0 Å². The normalized spacial score (nSPS) is 20.6. The van der Waals surface area contributed by atoms with Gasteiger partial charge in [0.1, 0.15) is 11.9 Å². The summed E-state index contributed by atoms with van der Waals surface area (Å²) >= 11 is 5.97. The lowest BCUT2D eigenvalue weighted by molar-refractivity contribution is 0.0594. The molecule has 114 valence electrons. The first kappa shape index (κ1) is 15.1. The largest absolute Gasteiger partial charge is 0.484 e. The molecular weight excluding hydrogens is 298 g/mol. The monoisotopic (exact) mass is 315 g/mol. The molecule has 2 aromatic carbocycles. The minimum atomic E-state index is -0.290. The Bertz CT molecular complexity index is 682. The van der Waals surface area contributed by atoms with E-state index in [0.29, 0.717) is 22.9 Å². The van der Waals surface area contributed by atoms with Gasteiger partial charge in [0, 0.05) is 11.6 Å². The van der Waals surface area contributed by atoms with E-state index in [0.717, 1.165) is 5.56 Å². The highest BCUT2D eigenvalue weighted by Crippen LogP contribution is 2.39. The summed E-state index contributed by atoms with van der Waals surface area (Å²) in [6.45, 7) is 0.639. The third kappa shape index (κ3) is 2.87. The van der Waals surface area contributed by atoms with Crippen molar-refractivity contribution in [2.75, 3.05) is 20.6 Å². The number of benzene rings is 2. The second-order valence-corrected chi connectivity index (χ2v) is 6.26. The standard InChI is InChI=1S/C18H18ClNO2/c1-20(2)11-15-17(21)14-5-3-4-6-16(14)22-18(15)12-7-9-13(19)10-8-12/h3-10,15,18H,11H2,1-2H3. The number of hydrogen-bond acceptors (Lipinski definition) is 3. The fourth-order valence-corrected chi connectivity index (χ4v) is 2.98. The van der Waals surface area contributed by atoms with Crippen LogP contribution in [0.4, 0.5) is 0 Å². The number of ether oxygens (including phenoxy) is 1. The van der Waals surface area contributed by atoms with Gasteiger partial charge in [0.25, 0.3) is 0 Å². The summed E-state index contributed by atoms with van der Waals surface area (Å²) in [5.41, 5.74) is 1.64. The number of hydrogen-bond donors (Lipinski definition) is 0. The van der Waals surface area contributed by atoms with Gasteiger partial charge in [-0.15, -0.1) is 0 Å². The van der Waals surface area contributed by atoms with Gasteiger partial charge in [-0.05, 0) is 43.9 Å². The predicted molar refractivity (Wildman–Crippen MR) is 87.6 cm³/mol. The zero-order valence-electron chi connectivity index (χ0n) is 12.6. The van der Waals surface area contributed by atoms with Crippen LogP contribution < -0.4 is 4.74 Å². The van der Waals surface area contributed by atoms with Crippen molar-refractivity contribution < 1.29 is 9.53 Å². The van der Waals surface area contributed by atoms with Gasteiger partial charge < -0.3 is 9.64 Å². The number of nitrogens with zero attached hydrogens (tertiary/aromatic N) is 1. The molecule has 3 rings (SSSR count). The highest BCUT2D eigenvalue weighted by molar-refractivity contribution is 6.30. The lowest BCUT2D eigenvalue weighted by atomic mass is 9.85. The first-order valence-electron chi connectivity index (χ1n) is 7.26. The van der Waals surface area contributed by atoms with Crippen molar-refractivity contribution in [3.8, 4) is 5.75 Å². The van der Waals surface area contributed by atoms with E-state index in [1.807, 2.05) is 67.5 Å². The number of rotatable bonds is 3. The van der Waals surface area contributed by atoms with Crippen LogP contribution in [0.2, 0.25) is 5.02 Å². The maximum absolute atomic E-state index is 12.9. The van der Waals surface area contributed by atoms with E-state index in [1.54, 1.807) is 0 Å². The van der Waals surface area contributed by atoms with Gasteiger partial charge >= 0.3 is 0 Å². The molecule has 0 aliphatic carbocycles. The number of fused-ring (bicyclic) bond motifs is 1. The minimum Gasteiger partial charge on any atom is -0.484 e. The van der Waals surface area contributed by atoms with E-state index in [-0.39, 0.29) is 17.8 Å². The number of carbonyl (C=O) groups is 1. The Labute approximate surface area is 135 Å². The van der Waals surface area contributed by atoms with Crippen LogP contribution in [0.15, 0.2) is 48.5 Å². The van der Waals surface area contributed by atoms with E-state index < -0.39 is 0 Å². The Hall–Kier alpha value is -1.84. The van der Waals surface area contributed by atoms with Crippen LogP contribution in [0.1, 0.15) is 22.0 Å². The molecule has 0 amide bonds. The lowest BCUT2D eigenvalue weighted by Crippen LogP contribution is -2.38. The average molecular weight is 316 g/mol. The first-order chi connectivity index (χ1) is 10.6. The van der Waals surface area contributed by atoms with E-state index >= 15 is 0 Å². The molecule has 3 nitrogen and oxygen atoms in total. The molecule has 2 unspecified atom stereocenters. The summed E-state index contributed by atoms with van der Waals surface area (Å²) in [6.07, 6.45) is -0.290. The molecule has 2 aromatic rings. The molecule has 4 heteroatoms. The minimum absolute atomic E-state index is 0.135. The van der Waals surface area contributed by atoms with Crippen molar-refractivity contribution >= 4 is 17.4 Å². The SMILES string of the molecule is CN(C)CC1C(=O)c2ccccc2OC1c1ccc(Cl)cc1. The Morgan fingerprint density at radius 2 is 1.77 bits per heavy atom. The van der Waals surface area contributed by atoms with Crippen LogP contribution in [0, 0.1) is 5.92 Å². The molecule has 1 heterocycles. The topological polar surface area (TPSA) is 29.5 Å². The lowest BCUT2D eigenvalue weighted by Gasteiger charge is -2.34. The van der Waals surface area contributed by atoms with E-state index in [1.165, 1.54) is 0 Å². The Balaban J connectivity index is 2.02. The van der Waals surface area contributed by atoms with Gasteiger partial charge in [-0.2, -0.15) is 0 Å². The number of ketones is 1. The van der Waals surface area contributed by atoms with Gasteiger partial charge in [-0.1, -0.05) is 35.9 Å². The van der Waals surface area contributed by atoms with Crippen molar-refractivity contribution in [2.24, 2.45) is 5.92 Å². The fraction of sp³-hybridized carbons (Fsp3) is 0.278. The number of Topliss-reactive ketones (excluding diaryl/α,β-unsaturated/α-hetero) is 1. The molecule has 0 bridgehead atoms. The quantitative estimate of drug-likeness (QED) is 0.862. The van der Waals surface area contributed by atoms with Crippen molar-refractivity contribution in [2.45, 2.75) is 6.10 Å². The number of para-hydroxylation sites is 1. The zero-order valence-corrected chi connectivity index (χ0v) is 13.4. The molecule has 22 heavy (non-hydrogen) atoms. The number of carbonyl (C=O) groups excluding carboxylic acids is 1. The zero-order chi connectivity index (χ0) is 15.7. The summed E-state index contributed by atoms with van der Waals surface area (Å²) in [5, 5.41) is 0.676. The van der Waals surface area contributed by atoms with Crippen molar-refractivity contribution in [3.63, 3.8) is 0 Å². The molecule has 1 aliphatic heterocycles. The summed E-state index contributed by atoms with van der Waals surface area (Å²) in [7, 11) is 3.93. The highest BCUT2D eigenvalue weighted by atomic mass is 35.5. The smallest absolute Gasteiger partial charge is 0.175 e. The van der Waals surface area contributed by atoms with Gasteiger partial charge in [-0.3, -0.25) is 4.79 Å². The molecule has 1 aliphatic rings. The van der Waals surface area contributed by atoms with Crippen molar-refractivity contribution in [3.05, 3.63) is 64.7 Å². The van der Waals surface area contributed by atoms with Crippen molar-refractivity contribution in [1.29, 1.82) is 0 Å². The second-order valence-electron chi connectivity index (χ2n) is 5.82. The molecule has 0 fully saturated rings. The molecule has 0 radical (unpaired) electrons. The summed E-state index contributed by atoms with van der Waals surface area (Å²) in [4.78, 5) is 14.9. The third-order valence-electron chi connectivity index (χ3n) is 3.87. The van der Waals surface area contributed by atoms with Gasteiger partial charge in [0.05, 0.1) is 11.5 Å². The summed E-state index contributed by atoms with van der Waals surface area (Å²) < 4.78 is 6.15. The van der Waals surface area contributed by atoms with Crippen LogP contribution in [0.25, 0.3) is 0 Å². The Kier molecular flexibility index (Phi) is 4.19. The molecule has 0 saturated carbocycles. The maximum atomic E-state index is 12.9. The van der Waals surface area contributed by atoms with E-state index in [9.17, 15) is 4.79 Å². The first-order valence-corrected chi connectivity index (χ1v) is 7.64. The van der Waals surface area contributed by atoms with Crippen LogP contribution in [-0.4, -0.2) is 31.3 Å². The van der Waals surface area contributed by atoms with Gasteiger partial charge in [0.2, 0.25) is 0 Å². The fourth-order valence-electron chi connectivity index (χ4n) is 2.85. The maximum Gasteiger partial charge on any atom is 0.175 e. The second kappa shape index (κ2) is 6.11. The van der Waals surface area contributed by atoms with Crippen LogP contribution in [0.5, 0.6) is 5.75 Å². The molecule has 2 atom stereocenters. The van der Waals surface area contributed by atoms with Gasteiger partial charge in [-0.25, -0.2) is 0 Å². The Morgan fingerprint density at radius 1 is 1.09 bits per heavy atom. The van der Waals surface area contributed by atoms with Gasteiger partial charge in [0.15, 0.2) is 5.78 Å². The summed E-state index contributed by atoms with van der Waals surface area (Å²) in [5.74, 6) is 0.559. The average Bonchev–Trinajstić information content (AvgIpc) is 2.50. The van der Waals surface area contributed by atoms with Crippen molar-refractivity contribution in [1.82, 2.24) is 4.90 Å². The predicted octanol–water partition coefficient (Wildman–Crippen LogP) is 3.83. The van der Waals surface area contributed by atoms with E-state index in [2.05, 4.69) is 0 Å². The highest BCUT2D eigenvalue weighted by Gasteiger charge is 2.38. The van der Waals surface area contributed by atoms with E-state index in [4.69, 9.17) is 16.3 Å². The Morgan fingerprint density at radius 3 is 2.45 bits per heavy atom. The van der Waals surface area contributed by atoms with Crippen LogP contribution in [-0.2, 0) is 0 Å². The molecule has 0 aromatic heterocycles. The molecular formula is C18H18ClNO2. The summed E-state index contributed by atoms with van der Waals surface area (Å²) in [6, 6.07) is 15.0. The molecule has 0 saturated heterocycles. The molecule has 0 N–H and O–H groups in total. The number of halogens is 1. The molecule has 0 spiro atoms. The van der Waals surface area contributed by atoms with Crippen LogP contribution >= 0.6 is 11.6 Å². The third-order valence-corrected chi connectivity index (χ3v) is 4.12.